The highest BCUT2D eigenvalue weighted by molar-refractivity contribution is 5.89. The fraction of sp³-hybridized carbons (Fsp3) is 0.556. The molecule has 1 heterocycles. The van der Waals surface area contributed by atoms with E-state index in [2.05, 4.69) is 5.32 Å². The summed E-state index contributed by atoms with van der Waals surface area (Å²) in [6.45, 7) is 6.08. The van der Waals surface area contributed by atoms with Crippen LogP contribution in [0.15, 0.2) is 30.3 Å². The van der Waals surface area contributed by atoms with Crippen molar-refractivity contribution in [1.82, 2.24) is 10.4 Å². The van der Waals surface area contributed by atoms with Crippen molar-refractivity contribution in [2.24, 2.45) is 5.92 Å². The van der Waals surface area contributed by atoms with Crippen LogP contribution in [0.4, 0.5) is 4.79 Å². The predicted molar refractivity (Wildman–Crippen MR) is 91.8 cm³/mol. The van der Waals surface area contributed by atoms with Gasteiger partial charge in [-0.25, -0.2) is 9.59 Å². The van der Waals surface area contributed by atoms with Crippen LogP contribution in [0.2, 0.25) is 0 Å². The van der Waals surface area contributed by atoms with E-state index in [1.807, 2.05) is 6.07 Å². The van der Waals surface area contributed by atoms with Gasteiger partial charge < -0.3 is 20.0 Å². The monoisotopic (exact) mass is 350 g/mol. The number of aliphatic hydroxyl groups excluding tert-OH is 1. The minimum atomic E-state index is -0.589. The van der Waals surface area contributed by atoms with E-state index in [0.717, 1.165) is 0 Å². The molecule has 2 rings (SSSR count). The lowest BCUT2D eigenvalue weighted by Crippen LogP contribution is -2.52. The molecule has 0 radical (unpaired) electrons. The first-order valence-corrected chi connectivity index (χ1v) is 8.39. The van der Waals surface area contributed by atoms with Gasteiger partial charge >= 0.3 is 12.1 Å². The zero-order valence-corrected chi connectivity index (χ0v) is 14.9. The Morgan fingerprint density at radius 2 is 1.92 bits per heavy atom. The van der Waals surface area contributed by atoms with Crippen LogP contribution >= 0.6 is 0 Å². The Morgan fingerprint density at radius 3 is 2.52 bits per heavy atom. The lowest BCUT2D eigenvalue weighted by atomic mass is 9.96. The topological polar surface area (TPSA) is 88.1 Å². The van der Waals surface area contributed by atoms with Gasteiger partial charge in [-0.1, -0.05) is 18.2 Å². The summed E-state index contributed by atoms with van der Waals surface area (Å²) in [7, 11) is 0. The first kappa shape index (κ1) is 19.2. The lowest BCUT2D eigenvalue weighted by molar-refractivity contribution is -0.140. The highest BCUT2D eigenvalue weighted by atomic mass is 16.7. The molecule has 1 aliphatic rings. The molecule has 2 unspecified atom stereocenters. The smallest absolute Gasteiger partial charge is 0.407 e. The first-order valence-electron chi connectivity index (χ1n) is 8.39. The quantitative estimate of drug-likeness (QED) is 0.863. The summed E-state index contributed by atoms with van der Waals surface area (Å²) in [6.07, 6.45) is 0.0696. The maximum Gasteiger partial charge on any atom is 0.407 e. The number of piperidine rings is 1. The van der Waals surface area contributed by atoms with Gasteiger partial charge in [0.1, 0.15) is 5.60 Å². The van der Waals surface area contributed by atoms with Crippen LogP contribution in [0.1, 0.15) is 37.6 Å². The average Bonchev–Trinajstić information content (AvgIpc) is 2.53. The lowest BCUT2D eigenvalue weighted by Gasteiger charge is -2.36. The van der Waals surface area contributed by atoms with Gasteiger partial charge in [-0.3, -0.25) is 0 Å². The van der Waals surface area contributed by atoms with Gasteiger partial charge in [0.05, 0.1) is 12.1 Å². The molecule has 7 heteroatoms. The number of hydrogen-bond acceptors (Lipinski definition) is 6. The van der Waals surface area contributed by atoms with Crippen molar-refractivity contribution in [3.63, 3.8) is 0 Å². The molecular weight excluding hydrogens is 324 g/mol. The fourth-order valence-corrected chi connectivity index (χ4v) is 2.69. The Labute approximate surface area is 147 Å². The number of hydroxylamine groups is 2. The number of rotatable bonds is 4. The van der Waals surface area contributed by atoms with Gasteiger partial charge in [-0.2, -0.15) is 0 Å². The van der Waals surface area contributed by atoms with Crippen LogP contribution in [-0.2, 0) is 9.57 Å². The molecule has 1 aliphatic heterocycles. The van der Waals surface area contributed by atoms with Gasteiger partial charge in [0.2, 0.25) is 0 Å². The zero-order valence-electron chi connectivity index (χ0n) is 14.9. The summed E-state index contributed by atoms with van der Waals surface area (Å²) in [6, 6.07) is 8.41. The third-order valence-corrected chi connectivity index (χ3v) is 3.70. The maximum absolute atomic E-state index is 12.2. The first-order chi connectivity index (χ1) is 11.8. The Morgan fingerprint density at radius 1 is 1.24 bits per heavy atom. The number of amides is 1. The largest absolute Gasteiger partial charge is 0.444 e. The van der Waals surface area contributed by atoms with Crippen molar-refractivity contribution in [2.45, 2.75) is 38.8 Å². The second-order valence-electron chi connectivity index (χ2n) is 7.22. The fourth-order valence-electron chi connectivity index (χ4n) is 2.69. The number of carbonyl (C=O) groups excluding carboxylic acids is 2. The Hall–Kier alpha value is -2.12. The van der Waals surface area contributed by atoms with Crippen LogP contribution in [0.5, 0.6) is 0 Å². The second-order valence-corrected chi connectivity index (χ2v) is 7.22. The highest BCUT2D eigenvalue weighted by Gasteiger charge is 2.31. The summed E-state index contributed by atoms with van der Waals surface area (Å²) in [4.78, 5) is 29.5. The van der Waals surface area contributed by atoms with E-state index in [9.17, 15) is 14.7 Å². The van der Waals surface area contributed by atoms with Crippen LogP contribution in [0.25, 0.3) is 0 Å². The molecular formula is C18H26N2O5. The van der Waals surface area contributed by atoms with E-state index in [1.54, 1.807) is 45.0 Å². The van der Waals surface area contributed by atoms with Crippen molar-refractivity contribution >= 4 is 12.1 Å². The second kappa shape index (κ2) is 8.31. The van der Waals surface area contributed by atoms with Crippen molar-refractivity contribution in [3.05, 3.63) is 35.9 Å². The minimum Gasteiger partial charge on any atom is -0.444 e. The van der Waals surface area contributed by atoms with E-state index < -0.39 is 17.7 Å². The zero-order chi connectivity index (χ0) is 18.4. The third-order valence-electron chi connectivity index (χ3n) is 3.70. The number of nitrogens with zero attached hydrogens (tertiary/aromatic N) is 1. The molecule has 25 heavy (non-hydrogen) atoms. The van der Waals surface area contributed by atoms with E-state index in [0.29, 0.717) is 25.1 Å². The van der Waals surface area contributed by atoms with E-state index in [-0.39, 0.29) is 18.6 Å². The molecule has 2 N–H and O–H groups in total. The Bertz CT molecular complexity index is 585. The van der Waals surface area contributed by atoms with Crippen molar-refractivity contribution in [1.29, 1.82) is 0 Å². The standard InChI is InChI=1S/C18H26N2O5/c1-18(2,3)24-17(23)19-15-9-13(12-21)10-20(11-15)25-16(22)14-7-5-4-6-8-14/h4-8,13,15,21H,9-12H2,1-3H3,(H,19,23). The SMILES string of the molecule is CC(C)(C)OC(=O)NC1CC(CO)CN(OC(=O)c2ccccc2)C1. The average molecular weight is 350 g/mol. The van der Waals surface area contributed by atoms with Gasteiger partial charge in [-0.15, -0.1) is 5.06 Å². The summed E-state index contributed by atoms with van der Waals surface area (Å²) in [5.41, 5.74) is -0.139. The summed E-state index contributed by atoms with van der Waals surface area (Å²) < 4.78 is 5.26. The normalized spacial score (nSPS) is 21.4. The molecule has 0 aromatic heterocycles. The van der Waals surface area contributed by atoms with Gasteiger partial charge in [-0.05, 0) is 45.2 Å². The molecule has 0 spiro atoms. The number of aliphatic hydroxyl groups is 1. The minimum absolute atomic E-state index is 0.0497. The summed E-state index contributed by atoms with van der Waals surface area (Å²) in [5, 5.41) is 13.8. The third kappa shape index (κ3) is 6.36. The van der Waals surface area contributed by atoms with Gasteiger partial charge in [0.15, 0.2) is 0 Å². The molecule has 2 atom stereocenters. The van der Waals surface area contributed by atoms with Crippen molar-refractivity contribution in [3.8, 4) is 0 Å². The Kier molecular flexibility index (Phi) is 6.39. The number of ether oxygens (including phenoxy) is 1. The van der Waals surface area contributed by atoms with Crippen LogP contribution in [0.3, 0.4) is 0 Å². The van der Waals surface area contributed by atoms with Gasteiger partial charge in [0.25, 0.3) is 0 Å². The van der Waals surface area contributed by atoms with E-state index in [1.165, 1.54) is 5.06 Å². The molecule has 0 bridgehead atoms. The number of alkyl carbamates (subject to hydrolysis) is 1. The molecule has 1 amide bonds. The molecule has 1 saturated heterocycles. The van der Waals surface area contributed by atoms with E-state index in [4.69, 9.17) is 9.57 Å². The molecule has 1 aromatic rings. The van der Waals surface area contributed by atoms with Crippen molar-refractivity contribution < 1.29 is 24.3 Å². The van der Waals surface area contributed by atoms with Crippen LogP contribution in [0, 0.1) is 5.92 Å². The Balaban J connectivity index is 1.95. The molecule has 7 nitrogen and oxygen atoms in total. The number of benzene rings is 1. The number of nitrogens with one attached hydrogen (secondary N) is 1. The van der Waals surface area contributed by atoms with Gasteiger partial charge in [0, 0.05) is 19.2 Å². The van der Waals surface area contributed by atoms with Crippen LogP contribution in [-0.4, -0.2) is 53.6 Å². The highest BCUT2D eigenvalue weighted by Crippen LogP contribution is 2.18. The van der Waals surface area contributed by atoms with Crippen molar-refractivity contribution in [2.75, 3.05) is 19.7 Å². The predicted octanol–water partition coefficient (Wildman–Crippen LogP) is 1.97. The molecule has 1 aromatic carbocycles. The molecule has 0 saturated carbocycles. The number of hydrogen-bond donors (Lipinski definition) is 2. The summed E-state index contributed by atoms with van der Waals surface area (Å²) in [5.74, 6) is -0.563. The van der Waals surface area contributed by atoms with Crippen LogP contribution < -0.4 is 5.32 Å². The molecule has 138 valence electrons. The molecule has 0 aliphatic carbocycles. The summed E-state index contributed by atoms with van der Waals surface area (Å²) >= 11 is 0. The molecule has 1 fully saturated rings. The maximum atomic E-state index is 12.2. The van der Waals surface area contributed by atoms with E-state index >= 15 is 0 Å². The number of carbonyl (C=O) groups is 2.